The van der Waals surface area contributed by atoms with E-state index in [-0.39, 0.29) is 12.2 Å². The maximum atomic E-state index is 13.2. The molecule has 29 heavy (non-hydrogen) atoms. The molecule has 1 aromatic heterocycles. The summed E-state index contributed by atoms with van der Waals surface area (Å²) in [7, 11) is 0. The van der Waals surface area contributed by atoms with Gasteiger partial charge in [-0.25, -0.2) is 4.68 Å². The van der Waals surface area contributed by atoms with E-state index >= 15 is 0 Å². The highest BCUT2D eigenvalue weighted by molar-refractivity contribution is 6.04. The molecule has 0 saturated carbocycles. The minimum atomic E-state index is -0.870. The fourth-order valence-corrected chi connectivity index (χ4v) is 3.09. The van der Waals surface area contributed by atoms with Crippen LogP contribution in [0.4, 0.5) is 0 Å². The van der Waals surface area contributed by atoms with Gasteiger partial charge in [0.1, 0.15) is 5.56 Å². The average molecular weight is 391 g/mol. The van der Waals surface area contributed by atoms with Gasteiger partial charge in [0.2, 0.25) is 0 Å². The summed E-state index contributed by atoms with van der Waals surface area (Å²) in [6.45, 7) is 5.29. The Balaban J connectivity index is 2.36. The first-order valence-corrected chi connectivity index (χ1v) is 9.57. The summed E-state index contributed by atoms with van der Waals surface area (Å²) in [5.41, 5.74) is 1.27. The molecule has 0 fully saturated rings. The zero-order chi connectivity index (χ0) is 21.0. The van der Waals surface area contributed by atoms with Crippen molar-refractivity contribution in [2.45, 2.75) is 32.9 Å². The molecule has 2 N–H and O–H groups in total. The minimum Gasteiger partial charge on any atom is -0.394 e. The summed E-state index contributed by atoms with van der Waals surface area (Å²) in [5.74, 6) is -0.533. The average Bonchev–Trinajstić information content (AvgIpc) is 2.74. The van der Waals surface area contributed by atoms with Crippen molar-refractivity contribution in [3.05, 3.63) is 76.6 Å². The maximum absolute atomic E-state index is 13.2. The van der Waals surface area contributed by atoms with Gasteiger partial charge in [-0.3, -0.25) is 9.59 Å². The second kappa shape index (κ2) is 8.41. The number of nitrogens with zero attached hydrogens (tertiary/aromatic N) is 2. The second-order valence-corrected chi connectivity index (χ2v) is 7.45. The van der Waals surface area contributed by atoms with E-state index in [1.807, 2.05) is 67.6 Å². The Bertz CT molecular complexity index is 1060. The molecule has 150 valence electrons. The molecule has 0 aliphatic heterocycles. The highest BCUT2D eigenvalue weighted by atomic mass is 16.3. The number of aliphatic hydroxyl groups excluding tert-OH is 1. The first-order valence-electron chi connectivity index (χ1n) is 9.57. The molecule has 0 spiro atoms. The van der Waals surface area contributed by atoms with Crippen LogP contribution in [-0.2, 0) is 6.54 Å². The van der Waals surface area contributed by atoms with Crippen LogP contribution < -0.4 is 10.9 Å². The molecule has 0 bridgehead atoms. The van der Waals surface area contributed by atoms with E-state index in [2.05, 4.69) is 10.4 Å². The van der Waals surface area contributed by atoms with Gasteiger partial charge in [0.25, 0.3) is 11.5 Å². The van der Waals surface area contributed by atoms with Crippen molar-refractivity contribution in [1.82, 2.24) is 15.1 Å². The van der Waals surface area contributed by atoms with E-state index in [1.54, 1.807) is 13.8 Å². The second-order valence-electron chi connectivity index (χ2n) is 7.45. The summed E-state index contributed by atoms with van der Waals surface area (Å²) in [4.78, 5) is 26.4. The molecule has 3 aromatic rings. The van der Waals surface area contributed by atoms with Crippen molar-refractivity contribution in [3.8, 4) is 22.4 Å². The zero-order valence-corrected chi connectivity index (χ0v) is 16.8. The molecule has 6 nitrogen and oxygen atoms in total. The van der Waals surface area contributed by atoms with Crippen molar-refractivity contribution in [3.63, 3.8) is 0 Å². The number of benzene rings is 2. The number of carbonyl (C=O) groups is 1. The summed E-state index contributed by atoms with van der Waals surface area (Å²) >= 11 is 0. The summed E-state index contributed by atoms with van der Waals surface area (Å²) < 4.78 is 1.30. The molecule has 6 heteroatoms. The van der Waals surface area contributed by atoms with Gasteiger partial charge in [-0.05, 0) is 26.3 Å². The first kappa shape index (κ1) is 20.5. The van der Waals surface area contributed by atoms with Gasteiger partial charge in [0, 0.05) is 17.7 Å². The number of carbonyl (C=O) groups excluding carboxylic acids is 1. The SMILES string of the molecule is CCn1nc(-c2ccccc2)c(-c2ccccc2)c(C(=O)NC(C)(C)CO)c1=O. The normalized spacial score (nSPS) is 11.3. The van der Waals surface area contributed by atoms with Crippen LogP contribution in [0.25, 0.3) is 22.4 Å². The third kappa shape index (κ3) is 4.27. The fourth-order valence-electron chi connectivity index (χ4n) is 3.09. The monoisotopic (exact) mass is 391 g/mol. The Morgan fingerprint density at radius 3 is 2.10 bits per heavy atom. The van der Waals surface area contributed by atoms with E-state index in [0.717, 1.165) is 11.1 Å². The third-order valence-electron chi connectivity index (χ3n) is 4.64. The molecule has 3 rings (SSSR count). The van der Waals surface area contributed by atoms with Gasteiger partial charge >= 0.3 is 0 Å². The number of aliphatic hydroxyl groups is 1. The molecular formula is C23H25N3O3. The van der Waals surface area contributed by atoms with Gasteiger partial charge in [0.05, 0.1) is 17.8 Å². The predicted molar refractivity (Wildman–Crippen MR) is 114 cm³/mol. The molecule has 0 saturated heterocycles. The van der Waals surface area contributed by atoms with Gasteiger partial charge < -0.3 is 10.4 Å². The van der Waals surface area contributed by atoms with Crippen LogP contribution in [0, 0.1) is 0 Å². The topological polar surface area (TPSA) is 84.2 Å². The number of rotatable bonds is 6. The van der Waals surface area contributed by atoms with Crippen molar-refractivity contribution in [2.24, 2.45) is 0 Å². The summed E-state index contributed by atoms with van der Waals surface area (Å²) in [6, 6.07) is 18.8. The van der Waals surface area contributed by atoms with Crippen LogP contribution in [-0.4, -0.2) is 32.9 Å². The third-order valence-corrected chi connectivity index (χ3v) is 4.64. The smallest absolute Gasteiger partial charge is 0.280 e. The molecule has 0 unspecified atom stereocenters. The van der Waals surface area contributed by atoms with Crippen LogP contribution in [0.2, 0.25) is 0 Å². The van der Waals surface area contributed by atoms with Crippen molar-refractivity contribution in [1.29, 1.82) is 0 Å². The van der Waals surface area contributed by atoms with Crippen LogP contribution in [0.3, 0.4) is 0 Å². The van der Waals surface area contributed by atoms with Crippen LogP contribution >= 0.6 is 0 Å². The lowest BCUT2D eigenvalue weighted by atomic mass is 9.94. The molecular weight excluding hydrogens is 366 g/mol. The lowest BCUT2D eigenvalue weighted by molar-refractivity contribution is 0.0867. The Morgan fingerprint density at radius 1 is 1.03 bits per heavy atom. The van der Waals surface area contributed by atoms with Gasteiger partial charge in [0.15, 0.2) is 0 Å². The maximum Gasteiger partial charge on any atom is 0.280 e. The number of aromatic nitrogens is 2. The summed E-state index contributed by atoms with van der Waals surface area (Å²) in [6.07, 6.45) is 0. The Labute approximate surface area is 169 Å². The largest absolute Gasteiger partial charge is 0.394 e. The molecule has 1 heterocycles. The molecule has 0 aliphatic carbocycles. The Morgan fingerprint density at radius 2 is 1.59 bits per heavy atom. The van der Waals surface area contributed by atoms with Crippen LogP contribution in [0.1, 0.15) is 31.1 Å². The van der Waals surface area contributed by atoms with E-state index in [0.29, 0.717) is 17.8 Å². The highest BCUT2D eigenvalue weighted by Crippen LogP contribution is 2.32. The minimum absolute atomic E-state index is 0.0217. The first-order chi connectivity index (χ1) is 13.9. The highest BCUT2D eigenvalue weighted by Gasteiger charge is 2.28. The number of aryl methyl sites for hydroxylation is 1. The van der Waals surface area contributed by atoms with Crippen LogP contribution in [0.15, 0.2) is 65.5 Å². The van der Waals surface area contributed by atoms with Crippen molar-refractivity contribution in [2.75, 3.05) is 6.61 Å². The Kier molecular flexibility index (Phi) is 5.94. The van der Waals surface area contributed by atoms with E-state index in [9.17, 15) is 14.7 Å². The quantitative estimate of drug-likeness (QED) is 0.676. The zero-order valence-electron chi connectivity index (χ0n) is 16.8. The molecule has 0 atom stereocenters. The molecule has 0 radical (unpaired) electrons. The van der Waals surface area contributed by atoms with Crippen molar-refractivity contribution >= 4 is 5.91 Å². The van der Waals surface area contributed by atoms with Gasteiger partial charge in [-0.15, -0.1) is 0 Å². The standard InChI is InChI=1S/C23H25N3O3/c1-4-26-22(29)19(21(28)24-23(2,3)15-27)18(16-11-7-5-8-12-16)20(25-26)17-13-9-6-10-14-17/h5-14,27H,4,15H2,1-3H3,(H,24,28). The number of hydrogen-bond acceptors (Lipinski definition) is 4. The molecule has 2 aromatic carbocycles. The fraction of sp³-hybridized carbons (Fsp3) is 0.261. The summed E-state index contributed by atoms with van der Waals surface area (Å²) in [5, 5.41) is 16.9. The van der Waals surface area contributed by atoms with Crippen molar-refractivity contribution < 1.29 is 9.90 Å². The van der Waals surface area contributed by atoms with E-state index in [1.165, 1.54) is 4.68 Å². The lowest BCUT2D eigenvalue weighted by Crippen LogP contribution is -2.48. The molecule has 0 aliphatic rings. The molecule has 1 amide bonds. The Hall–Kier alpha value is -3.25. The van der Waals surface area contributed by atoms with Crippen LogP contribution in [0.5, 0.6) is 0 Å². The number of hydrogen-bond donors (Lipinski definition) is 2. The predicted octanol–water partition coefficient (Wildman–Crippen LogP) is 3.10. The van der Waals surface area contributed by atoms with Gasteiger partial charge in [-0.1, -0.05) is 60.7 Å². The number of nitrogens with one attached hydrogen (secondary N) is 1. The number of amides is 1. The van der Waals surface area contributed by atoms with E-state index < -0.39 is 17.0 Å². The van der Waals surface area contributed by atoms with E-state index in [4.69, 9.17) is 0 Å². The lowest BCUT2D eigenvalue weighted by Gasteiger charge is -2.24. The van der Waals surface area contributed by atoms with Gasteiger partial charge in [-0.2, -0.15) is 5.10 Å².